The minimum atomic E-state index is -2.53. The van der Waals surface area contributed by atoms with Gasteiger partial charge in [-0.15, -0.1) is 0 Å². The number of Topliss-reactive ketones (excluding diaryl/α,β-unsaturated/α-hetero) is 2. The normalized spacial score (nSPS) is 28.6. The fourth-order valence-electron chi connectivity index (χ4n) is 7.30. The number of anilines is 1. The SMILES string of the molecule is [B]=C(N)C1=C(O)[C@@]2(O)C(=O)C3=C(O)c4c(O)c(CNC5CCCC5)cc(N(C)C)c4C[C@H]3C[C@H]2C(N(C)C)C1=O. The van der Waals surface area contributed by atoms with Crippen molar-refractivity contribution in [2.75, 3.05) is 33.1 Å². The maximum absolute atomic E-state index is 14.1. The summed E-state index contributed by atoms with van der Waals surface area (Å²) in [6.07, 6.45) is 4.87. The van der Waals surface area contributed by atoms with Gasteiger partial charge in [0, 0.05) is 6.04 Å². The number of carbonyl (C=O) groups excluding carboxylic acids is 2. The van der Waals surface area contributed by atoms with Crippen molar-refractivity contribution in [2.45, 2.75) is 62.8 Å². The molecule has 2 saturated carbocycles. The van der Waals surface area contributed by atoms with E-state index in [4.69, 9.17) is 13.2 Å². The Morgan fingerprint density at radius 1 is 1.15 bits per heavy atom. The molecule has 1 radical (unpaired) electrons. The van der Waals surface area contributed by atoms with Crippen LogP contribution in [0.2, 0.25) is 0 Å². The van der Waals surface area contributed by atoms with E-state index < -0.39 is 57.7 Å². The summed E-state index contributed by atoms with van der Waals surface area (Å²) in [7, 11) is 12.8. The van der Waals surface area contributed by atoms with E-state index in [-0.39, 0.29) is 23.3 Å². The van der Waals surface area contributed by atoms with Crippen LogP contribution in [0.1, 0.15) is 48.8 Å². The molecule has 0 aromatic heterocycles. The summed E-state index contributed by atoms with van der Waals surface area (Å²) >= 11 is 0. The van der Waals surface area contributed by atoms with Gasteiger partial charge in [-0.1, -0.05) is 12.8 Å². The van der Waals surface area contributed by atoms with Crippen LogP contribution in [0.5, 0.6) is 5.75 Å². The molecule has 5 rings (SSSR count). The van der Waals surface area contributed by atoms with E-state index in [1.54, 1.807) is 19.0 Å². The standard InChI is InChI=1S/C29H38BN4O6/c1-33(2)18-11-14(12-32-15-7-5-6-8-15)23(35)20-16(18)9-13-10-17-22(34(3)4)25(37)21(28(30)31)27(39)29(17,40)26(38)19(13)24(20)36/h11,13,15,17,22,32,35-36,39-40H,5-10,12,31H2,1-4H3/t13-,17-,22?,29-/m0/s1. The van der Waals surface area contributed by atoms with Gasteiger partial charge in [0.1, 0.15) is 0 Å². The quantitative estimate of drug-likeness (QED) is 0.281. The van der Waals surface area contributed by atoms with Gasteiger partial charge in [-0.3, -0.25) is 0 Å². The summed E-state index contributed by atoms with van der Waals surface area (Å²) in [5, 5.41) is 49.5. The van der Waals surface area contributed by atoms with Gasteiger partial charge >= 0.3 is 203 Å². The molecule has 0 bridgehead atoms. The van der Waals surface area contributed by atoms with Crippen molar-refractivity contribution in [1.82, 2.24) is 10.2 Å². The average Bonchev–Trinajstić information content (AvgIpc) is 3.39. The number of aliphatic hydroxyl groups is 3. The number of nitrogens with zero attached hydrogens (tertiary/aromatic N) is 2. The number of phenols is 1. The van der Waals surface area contributed by atoms with Crippen LogP contribution in [0, 0.1) is 11.8 Å². The summed E-state index contributed by atoms with van der Waals surface area (Å²) in [5.74, 6) is -4.53. The van der Waals surface area contributed by atoms with Crippen molar-refractivity contribution in [3.05, 3.63) is 39.7 Å². The molecule has 11 heteroatoms. The predicted molar refractivity (Wildman–Crippen MR) is 153 cm³/mol. The number of phenolic OH excluding ortho intramolecular Hbond substituents is 1. The Balaban J connectivity index is 1.67. The number of fused-ring (bicyclic) bond motifs is 3. The van der Waals surface area contributed by atoms with Crippen LogP contribution in [0.3, 0.4) is 0 Å². The van der Waals surface area contributed by atoms with Crippen LogP contribution < -0.4 is 16.0 Å². The van der Waals surface area contributed by atoms with Crippen molar-refractivity contribution in [2.24, 2.45) is 17.6 Å². The first-order valence-electron chi connectivity index (χ1n) is 13.8. The molecule has 40 heavy (non-hydrogen) atoms. The van der Waals surface area contributed by atoms with Crippen LogP contribution in [0.15, 0.2) is 23.0 Å². The molecular weight excluding hydrogens is 511 g/mol. The van der Waals surface area contributed by atoms with Crippen LogP contribution in [-0.2, 0) is 22.6 Å². The van der Waals surface area contributed by atoms with Gasteiger partial charge in [-0.05, 0) is 12.8 Å². The topological polar surface area (TPSA) is 160 Å². The third-order valence-corrected chi connectivity index (χ3v) is 9.24. The second-order valence-corrected chi connectivity index (χ2v) is 12.1. The van der Waals surface area contributed by atoms with E-state index >= 15 is 0 Å². The molecule has 10 nitrogen and oxygen atoms in total. The summed E-state index contributed by atoms with van der Waals surface area (Å²) in [5.41, 5.74) is 4.35. The summed E-state index contributed by atoms with van der Waals surface area (Å²) in [6, 6.07) is 1.27. The molecule has 1 unspecified atom stereocenters. The average molecular weight is 549 g/mol. The van der Waals surface area contributed by atoms with Gasteiger partial charge in [0.2, 0.25) is 0 Å². The van der Waals surface area contributed by atoms with Gasteiger partial charge < -0.3 is 0 Å². The number of ketones is 2. The molecule has 7 N–H and O–H groups in total. The Morgan fingerprint density at radius 2 is 1.80 bits per heavy atom. The maximum atomic E-state index is 14.1. The van der Waals surface area contributed by atoms with Gasteiger partial charge in [0.05, 0.1) is 0 Å². The third-order valence-electron chi connectivity index (χ3n) is 9.24. The molecule has 1 aromatic carbocycles. The number of hydrogen-bond donors (Lipinski definition) is 6. The number of rotatable bonds is 6. The Labute approximate surface area is 235 Å². The number of benzene rings is 1. The number of aliphatic hydroxyl groups excluding tert-OH is 2. The number of hydrogen-bond acceptors (Lipinski definition) is 10. The summed E-state index contributed by atoms with van der Waals surface area (Å²) < 4.78 is 0. The van der Waals surface area contributed by atoms with E-state index in [0.29, 0.717) is 30.1 Å². The zero-order valence-electron chi connectivity index (χ0n) is 23.5. The van der Waals surface area contributed by atoms with Crippen LogP contribution in [-0.4, -0.2) is 95.8 Å². The van der Waals surface area contributed by atoms with E-state index in [1.807, 2.05) is 25.1 Å². The number of aromatic hydroxyl groups is 1. The van der Waals surface area contributed by atoms with Crippen molar-refractivity contribution >= 4 is 36.1 Å². The van der Waals surface area contributed by atoms with Crippen molar-refractivity contribution in [3.8, 4) is 5.75 Å². The van der Waals surface area contributed by atoms with Crippen LogP contribution in [0.25, 0.3) is 5.76 Å². The first kappa shape index (κ1) is 28.4. The van der Waals surface area contributed by atoms with Crippen LogP contribution >= 0.6 is 0 Å². The Hall–Kier alpha value is -3.15. The molecular formula is C29H38BN4O6. The molecule has 0 amide bonds. The molecule has 0 aliphatic heterocycles. The van der Waals surface area contributed by atoms with Crippen LogP contribution in [0.4, 0.5) is 5.69 Å². The third kappa shape index (κ3) is 4.09. The number of likely N-dealkylation sites (N-methyl/N-ethyl adjacent to an activating group) is 1. The molecule has 0 saturated heterocycles. The van der Waals surface area contributed by atoms with E-state index in [2.05, 4.69) is 5.32 Å². The van der Waals surface area contributed by atoms with Crippen molar-refractivity contribution in [3.63, 3.8) is 0 Å². The Bertz CT molecular complexity index is 1360. The fraction of sp³-hybridized carbons (Fsp3) is 0.552. The number of nitrogens with two attached hydrogens (primary N) is 1. The summed E-state index contributed by atoms with van der Waals surface area (Å²) in [4.78, 5) is 31.0. The zero-order chi connectivity index (χ0) is 29.3. The molecule has 4 aliphatic rings. The van der Waals surface area contributed by atoms with Gasteiger partial charge in [0.25, 0.3) is 0 Å². The molecule has 213 valence electrons. The minimum absolute atomic E-state index is 0.0829. The zero-order valence-corrected chi connectivity index (χ0v) is 23.5. The number of nitrogens with one attached hydrogen (secondary N) is 1. The van der Waals surface area contributed by atoms with Crippen molar-refractivity contribution < 1.29 is 30.0 Å². The Kier molecular flexibility index (Phi) is 7.13. The first-order chi connectivity index (χ1) is 18.8. The van der Waals surface area contributed by atoms with Crippen molar-refractivity contribution in [1.29, 1.82) is 0 Å². The monoisotopic (exact) mass is 549 g/mol. The second kappa shape index (κ2) is 10.0. The van der Waals surface area contributed by atoms with Gasteiger partial charge in [-0.2, -0.15) is 0 Å². The second-order valence-electron chi connectivity index (χ2n) is 12.1. The van der Waals surface area contributed by atoms with Gasteiger partial charge in [0.15, 0.2) is 0 Å². The first-order valence-corrected chi connectivity index (χ1v) is 13.8. The summed E-state index contributed by atoms with van der Waals surface area (Å²) in [6.45, 7) is 0.391. The predicted octanol–water partition coefficient (Wildman–Crippen LogP) is 0.834. The van der Waals surface area contributed by atoms with Gasteiger partial charge in [-0.25, -0.2) is 0 Å². The molecule has 0 heterocycles. The molecule has 0 spiro atoms. The molecule has 4 atom stereocenters. The molecule has 1 aromatic rings. The van der Waals surface area contributed by atoms with E-state index in [9.17, 15) is 30.0 Å². The van der Waals surface area contributed by atoms with E-state index in [0.717, 1.165) is 31.4 Å². The number of carbonyl (C=O) groups is 2. The molecule has 2 fully saturated rings. The molecule has 4 aliphatic carbocycles. The van der Waals surface area contributed by atoms with E-state index in [1.165, 1.54) is 0 Å². The Morgan fingerprint density at radius 3 is 2.38 bits per heavy atom. The fourth-order valence-corrected chi connectivity index (χ4v) is 7.30.